The monoisotopic (exact) mass is 422 g/mol. The first-order valence-electron chi connectivity index (χ1n) is 6.88. The Morgan fingerprint density at radius 1 is 1.21 bits per heavy atom. The molecule has 130 valence electrons. The Hall–Kier alpha value is -1.60. The average Bonchev–Trinajstić information content (AvgIpc) is 2.47. The van der Waals surface area contributed by atoms with Crippen LogP contribution in [0.2, 0.25) is 5.02 Å². The minimum Gasteiger partial charge on any atom is -1.00 e. The van der Waals surface area contributed by atoms with E-state index in [1.54, 1.807) is 0 Å². The van der Waals surface area contributed by atoms with Crippen LogP contribution in [0.1, 0.15) is 17.5 Å². The maximum absolute atomic E-state index is 12.8. The van der Waals surface area contributed by atoms with Gasteiger partial charge in [-0.3, -0.25) is 4.79 Å². The zero-order valence-corrected chi connectivity index (χ0v) is 15.0. The van der Waals surface area contributed by atoms with E-state index in [1.165, 1.54) is 6.07 Å². The van der Waals surface area contributed by atoms with Gasteiger partial charge in [0.25, 0.3) is 0 Å². The number of alkyl halides is 3. The predicted octanol–water partition coefficient (Wildman–Crippen LogP) is 0.988. The molecule has 1 heterocycles. The Labute approximate surface area is 153 Å². The Balaban J connectivity index is 0.00000288. The maximum atomic E-state index is 12.8. The largest absolute Gasteiger partial charge is 1.00 e. The Morgan fingerprint density at radius 3 is 2.42 bits per heavy atom. The van der Waals surface area contributed by atoms with Gasteiger partial charge >= 0.3 is 6.18 Å². The fourth-order valence-electron chi connectivity index (χ4n) is 1.96. The van der Waals surface area contributed by atoms with Crippen LogP contribution in [0, 0.1) is 6.92 Å². The van der Waals surface area contributed by atoms with Gasteiger partial charge in [-0.05, 0) is 30.7 Å². The molecule has 3 nitrogen and oxygen atoms in total. The highest BCUT2D eigenvalue weighted by Gasteiger charge is 2.33. The fraction of sp³-hybridized carbons (Fsp3) is 0.250. The van der Waals surface area contributed by atoms with E-state index in [0.717, 1.165) is 17.7 Å². The molecule has 0 fully saturated rings. The molecule has 0 aliphatic heterocycles. The third-order valence-corrected chi connectivity index (χ3v) is 3.54. The summed E-state index contributed by atoms with van der Waals surface area (Å²) < 4.78 is 40.1. The van der Waals surface area contributed by atoms with Crippen molar-refractivity contribution in [3.63, 3.8) is 0 Å². The molecule has 24 heavy (non-hydrogen) atoms. The third kappa shape index (κ3) is 5.79. The van der Waals surface area contributed by atoms with E-state index < -0.39 is 16.8 Å². The minimum absolute atomic E-state index is 0. The quantitative estimate of drug-likeness (QED) is 0.731. The van der Waals surface area contributed by atoms with E-state index >= 15 is 0 Å². The summed E-state index contributed by atoms with van der Waals surface area (Å²) in [5.74, 6) is -0.367. The number of nitrogens with one attached hydrogen (secondary N) is 1. The van der Waals surface area contributed by atoms with Crippen molar-refractivity contribution in [1.29, 1.82) is 0 Å². The van der Waals surface area contributed by atoms with Gasteiger partial charge in [0.2, 0.25) is 5.91 Å². The molecule has 0 aliphatic rings. The average molecular weight is 424 g/mol. The number of halogens is 5. The first-order valence-corrected chi connectivity index (χ1v) is 7.26. The van der Waals surface area contributed by atoms with Crippen LogP contribution in [-0.4, -0.2) is 5.91 Å². The van der Waals surface area contributed by atoms with Crippen molar-refractivity contribution in [2.75, 3.05) is 5.32 Å². The third-order valence-electron chi connectivity index (χ3n) is 3.21. The lowest BCUT2D eigenvalue weighted by Crippen LogP contribution is -3.00. The minimum atomic E-state index is -4.56. The van der Waals surface area contributed by atoms with Crippen molar-refractivity contribution in [2.24, 2.45) is 0 Å². The first kappa shape index (κ1) is 20.4. The molecule has 0 bridgehead atoms. The van der Waals surface area contributed by atoms with Crippen LogP contribution in [-0.2, 0) is 17.5 Å². The van der Waals surface area contributed by atoms with Gasteiger partial charge < -0.3 is 22.3 Å². The van der Waals surface area contributed by atoms with Crippen LogP contribution in [0.15, 0.2) is 42.7 Å². The molecule has 0 atom stereocenters. The number of carbonyl (C=O) groups is 1. The second-order valence-electron chi connectivity index (χ2n) is 5.10. The number of amides is 1. The van der Waals surface area contributed by atoms with Gasteiger partial charge in [0.05, 0.1) is 17.0 Å². The Bertz CT molecular complexity index is 705. The van der Waals surface area contributed by atoms with Crippen molar-refractivity contribution >= 4 is 23.2 Å². The maximum Gasteiger partial charge on any atom is 0.417 e. The van der Waals surface area contributed by atoms with Gasteiger partial charge in [-0.15, -0.1) is 0 Å². The molecule has 1 amide bonds. The summed E-state index contributed by atoms with van der Waals surface area (Å²) >= 11 is 5.54. The summed E-state index contributed by atoms with van der Waals surface area (Å²) in [6.07, 6.45) is -0.730. The molecular weight excluding hydrogens is 409 g/mol. The van der Waals surface area contributed by atoms with Gasteiger partial charge in [0.15, 0.2) is 18.9 Å². The second-order valence-corrected chi connectivity index (χ2v) is 5.51. The van der Waals surface area contributed by atoms with Gasteiger partial charge in [0, 0.05) is 17.8 Å². The molecule has 1 aromatic carbocycles. The SMILES string of the molecule is Cc1cc[n+](CCC(=O)Nc2ccc(Cl)c(C(F)(F)F)c2)cc1.[Br-]. The van der Waals surface area contributed by atoms with Crippen LogP contribution in [0.3, 0.4) is 0 Å². The van der Waals surface area contributed by atoms with Crippen molar-refractivity contribution < 1.29 is 39.5 Å². The van der Waals surface area contributed by atoms with Gasteiger partial charge in [-0.25, -0.2) is 4.57 Å². The molecule has 2 aromatic rings. The lowest BCUT2D eigenvalue weighted by atomic mass is 10.2. The van der Waals surface area contributed by atoms with Crippen LogP contribution in [0.25, 0.3) is 0 Å². The van der Waals surface area contributed by atoms with Crippen LogP contribution in [0.4, 0.5) is 18.9 Å². The lowest BCUT2D eigenvalue weighted by molar-refractivity contribution is -0.695. The molecule has 8 heteroatoms. The van der Waals surface area contributed by atoms with Crippen LogP contribution >= 0.6 is 11.6 Å². The van der Waals surface area contributed by atoms with E-state index in [1.807, 2.05) is 36.0 Å². The summed E-state index contributed by atoms with van der Waals surface area (Å²) in [4.78, 5) is 11.9. The number of benzene rings is 1. The van der Waals surface area contributed by atoms with Crippen molar-refractivity contribution in [3.05, 3.63) is 58.9 Å². The van der Waals surface area contributed by atoms with E-state index in [-0.39, 0.29) is 35.0 Å². The molecule has 0 aliphatic carbocycles. The lowest BCUT2D eigenvalue weighted by Gasteiger charge is -2.11. The van der Waals surface area contributed by atoms with Crippen molar-refractivity contribution in [2.45, 2.75) is 26.1 Å². The second kappa shape index (κ2) is 8.48. The summed E-state index contributed by atoms with van der Waals surface area (Å²) in [6, 6.07) is 7.11. The molecule has 0 radical (unpaired) electrons. The molecule has 0 spiro atoms. The summed E-state index contributed by atoms with van der Waals surface area (Å²) in [6.45, 7) is 2.39. The number of rotatable bonds is 4. The molecule has 1 N–H and O–H groups in total. The molecular formula is C16H15BrClF3N2O. The van der Waals surface area contributed by atoms with Crippen molar-refractivity contribution in [3.8, 4) is 0 Å². The fourth-order valence-corrected chi connectivity index (χ4v) is 2.18. The van der Waals surface area contributed by atoms with Gasteiger partial charge in [-0.1, -0.05) is 11.6 Å². The number of hydrogen-bond donors (Lipinski definition) is 1. The summed E-state index contributed by atoms with van der Waals surface area (Å²) in [5, 5.41) is 2.05. The molecule has 0 saturated carbocycles. The van der Waals surface area contributed by atoms with Crippen LogP contribution in [0.5, 0.6) is 0 Å². The van der Waals surface area contributed by atoms with E-state index in [2.05, 4.69) is 5.32 Å². The Morgan fingerprint density at radius 2 is 1.83 bits per heavy atom. The summed E-state index contributed by atoms with van der Waals surface area (Å²) in [5.41, 5.74) is 0.206. The Kier molecular flexibility index (Phi) is 7.23. The highest BCUT2D eigenvalue weighted by atomic mass is 79.9. The zero-order valence-electron chi connectivity index (χ0n) is 12.7. The van der Waals surface area contributed by atoms with Gasteiger partial charge in [0.1, 0.15) is 0 Å². The van der Waals surface area contributed by atoms with E-state index in [4.69, 9.17) is 11.6 Å². The predicted molar refractivity (Wildman–Crippen MR) is 81.1 cm³/mol. The number of nitrogens with zero attached hydrogens (tertiary/aromatic N) is 1. The number of pyridine rings is 1. The zero-order chi connectivity index (χ0) is 17.0. The smallest absolute Gasteiger partial charge is 0.417 e. The first-order chi connectivity index (χ1) is 10.8. The summed E-state index contributed by atoms with van der Waals surface area (Å²) in [7, 11) is 0. The molecule has 0 unspecified atom stereocenters. The van der Waals surface area contributed by atoms with Gasteiger partial charge in [-0.2, -0.15) is 13.2 Å². The number of aryl methyl sites for hydroxylation is 2. The standard InChI is InChI=1S/C16H14ClF3N2O.BrH/c1-11-4-7-22(8-5-11)9-6-15(23)21-12-2-3-14(17)13(10-12)16(18,19)20;/h2-5,7-8,10H,6,9H2,1H3;1H. The number of aromatic nitrogens is 1. The topological polar surface area (TPSA) is 33.0 Å². The van der Waals surface area contributed by atoms with Crippen molar-refractivity contribution in [1.82, 2.24) is 0 Å². The highest BCUT2D eigenvalue weighted by Crippen LogP contribution is 2.36. The van der Waals surface area contributed by atoms with E-state index in [9.17, 15) is 18.0 Å². The molecule has 0 saturated heterocycles. The van der Waals surface area contributed by atoms with Crippen LogP contribution < -0.4 is 26.9 Å². The number of hydrogen-bond acceptors (Lipinski definition) is 1. The molecule has 2 rings (SSSR count). The normalized spacial score (nSPS) is 10.9. The number of carbonyl (C=O) groups excluding carboxylic acids is 1. The highest BCUT2D eigenvalue weighted by molar-refractivity contribution is 6.31. The number of anilines is 1. The van der Waals surface area contributed by atoms with E-state index in [0.29, 0.717) is 6.54 Å². The molecule has 1 aromatic heterocycles.